The van der Waals surface area contributed by atoms with Gasteiger partial charge in [-0.2, -0.15) is 15.8 Å². The van der Waals surface area contributed by atoms with E-state index in [-0.39, 0.29) is 17.8 Å². The first-order valence-corrected chi connectivity index (χ1v) is 27.7. The molecule has 9 aromatic rings. The second-order valence-electron chi connectivity index (χ2n) is 21.8. The van der Waals surface area contributed by atoms with Crippen LogP contribution in [0, 0.1) is 69.5 Å². The highest BCUT2D eigenvalue weighted by atomic mass is 16.5. The Labute approximate surface area is 473 Å². The van der Waals surface area contributed by atoms with E-state index in [9.17, 15) is 15.8 Å². The van der Waals surface area contributed by atoms with E-state index in [4.69, 9.17) is 13.6 Å². The summed E-state index contributed by atoms with van der Waals surface area (Å²) in [6, 6.07) is 41.4. The number of nitriles is 3. The SMILES string of the molecule is C[C@H]1[C@H](/C=C/c2ccc(-c3ccccc3C#N)cn2)c2conc2C[C@@H]1C.C[C@H]1[C@H](/C=C/c2ccc(-c3ccccc3C#N)cn2)c2nocc2C[C@@H]1C.C[C@H]1[C@H](/C=C/c2ccc(-c3ccccc3C#N)cn2)c2oncc2C[C@@H]1C. The first-order valence-electron chi connectivity index (χ1n) is 27.7. The van der Waals surface area contributed by atoms with Gasteiger partial charge in [0.2, 0.25) is 0 Å². The quantitative estimate of drug-likeness (QED) is 0.133. The van der Waals surface area contributed by atoms with Gasteiger partial charge in [-0.3, -0.25) is 15.0 Å². The van der Waals surface area contributed by atoms with Crippen LogP contribution in [0.1, 0.15) is 127 Å². The zero-order valence-corrected chi connectivity index (χ0v) is 46.4. The molecule has 0 aliphatic heterocycles. The fourth-order valence-corrected chi connectivity index (χ4v) is 11.4. The van der Waals surface area contributed by atoms with Crippen LogP contribution in [0.4, 0.5) is 0 Å². The largest absolute Gasteiger partial charge is 0.364 e. The van der Waals surface area contributed by atoms with Gasteiger partial charge in [-0.05, 0) is 109 Å². The maximum Gasteiger partial charge on any atom is 0.147 e. The van der Waals surface area contributed by atoms with Crippen molar-refractivity contribution < 1.29 is 13.6 Å². The monoisotopic (exact) mass is 1070 g/mol. The van der Waals surface area contributed by atoms with Gasteiger partial charge in [-0.1, -0.05) is 148 Å². The Morgan fingerprint density at radius 1 is 0.457 bits per heavy atom. The van der Waals surface area contributed by atoms with E-state index in [2.05, 4.69) is 121 Å². The Bertz CT molecular complexity index is 3430. The van der Waals surface area contributed by atoms with E-state index in [0.29, 0.717) is 52.2 Å². The summed E-state index contributed by atoms with van der Waals surface area (Å²) in [5.74, 6) is 4.98. The third kappa shape index (κ3) is 12.2. The van der Waals surface area contributed by atoms with Crippen LogP contribution in [0.2, 0.25) is 0 Å². The Morgan fingerprint density at radius 2 is 0.889 bits per heavy atom. The van der Waals surface area contributed by atoms with E-state index in [0.717, 1.165) is 86.9 Å². The second kappa shape index (κ2) is 25.0. The fraction of sp³-hybridized carbons (Fsp3) is 0.261. The van der Waals surface area contributed by atoms with Crippen molar-refractivity contribution in [2.45, 2.75) is 78.6 Å². The Balaban J connectivity index is 0.000000136. The van der Waals surface area contributed by atoms with E-state index in [1.165, 1.54) is 16.7 Å². The van der Waals surface area contributed by atoms with E-state index >= 15 is 0 Å². The maximum absolute atomic E-state index is 9.28. The third-order valence-corrected chi connectivity index (χ3v) is 16.9. The molecule has 12 heteroatoms. The van der Waals surface area contributed by atoms with Gasteiger partial charge in [0, 0.05) is 86.4 Å². The molecule has 6 heterocycles. The van der Waals surface area contributed by atoms with Crippen LogP contribution in [-0.4, -0.2) is 30.4 Å². The molecule has 6 aromatic heterocycles. The molecule has 0 bridgehead atoms. The van der Waals surface area contributed by atoms with Crippen molar-refractivity contribution in [2.75, 3.05) is 0 Å². The van der Waals surface area contributed by atoms with Crippen molar-refractivity contribution in [3.05, 3.63) is 232 Å². The molecule has 0 spiro atoms. The summed E-state index contributed by atoms with van der Waals surface area (Å²) in [7, 11) is 0. The van der Waals surface area contributed by atoms with Crippen molar-refractivity contribution in [3.63, 3.8) is 0 Å². The summed E-state index contributed by atoms with van der Waals surface area (Å²) in [5, 5.41) is 40.2. The van der Waals surface area contributed by atoms with Gasteiger partial charge in [-0.25, -0.2) is 0 Å². The molecule has 0 saturated heterocycles. The standard InChI is InChI=1S/3C23H21N3O/c1-15-11-19-14-27-26-23(19)21(16(15)2)10-9-20-8-7-18(13-25-20)22-6-4-3-5-17(22)12-24;1-15-11-19-14-26-27-23(19)21(16(15)2)10-9-20-8-7-18(13-25-20)22-6-4-3-5-17(22)12-24;1-15-11-23-22(14-27-26-23)20(16(15)2)10-9-19-8-7-18(13-25-19)21-6-4-3-5-17(21)12-24/h2*3-10,13-16,21H,11H2,1-2H3;3-10,13-16,20H,11H2,1-2H3/b3*10-9+/t2*15-,16+,21-;15-,16+,20-/m000/s1. The molecule has 0 saturated carbocycles. The highest BCUT2D eigenvalue weighted by molar-refractivity contribution is 5.72. The highest BCUT2D eigenvalue weighted by Gasteiger charge is 2.35. The zero-order chi connectivity index (χ0) is 56.4. The topological polar surface area (TPSA) is 188 Å². The Morgan fingerprint density at radius 3 is 1.38 bits per heavy atom. The van der Waals surface area contributed by atoms with E-state index in [1.807, 2.05) is 140 Å². The average Bonchev–Trinajstić information content (AvgIpc) is 4.42. The molecule has 0 radical (unpaired) electrons. The molecular weight excluding hydrogens is 1000 g/mol. The maximum atomic E-state index is 9.28. The summed E-state index contributed by atoms with van der Waals surface area (Å²) in [6.45, 7) is 13.6. The van der Waals surface area contributed by atoms with Gasteiger partial charge in [0.1, 0.15) is 18.3 Å². The lowest BCUT2D eigenvalue weighted by Gasteiger charge is -2.31. The number of fused-ring (bicyclic) bond motifs is 3. The lowest BCUT2D eigenvalue weighted by Crippen LogP contribution is -2.24. The molecule has 9 atom stereocenters. The number of nitrogens with zero attached hydrogens (tertiary/aromatic N) is 9. The molecule has 3 aromatic carbocycles. The average molecular weight is 1070 g/mol. The fourth-order valence-electron chi connectivity index (χ4n) is 11.4. The molecule has 0 unspecified atom stereocenters. The van der Waals surface area contributed by atoms with Crippen LogP contribution in [0.25, 0.3) is 51.6 Å². The number of aromatic nitrogens is 6. The van der Waals surface area contributed by atoms with Gasteiger partial charge in [0.15, 0.2) is 0 Å². The molecule has 81 heavy (non-hydrogen) atoms. The lowest BCUT2D eigenvalue weighted by atomic mass is 9.73. The van der Waals surface area contributed by atoms with Crippen LogP contribution in [-0.2, 0) is 19.3 Å². The molecule has 0 amide bonds. The summed E-state index contributed by atoms with van der Waals surface area (Å²) in [4.78, 5) is 13.7. The molecule has 0 fully saturated rings. The van der Waals surface area contributed by atoms with Gasteiger partial charge in [0.25, 0.3) is 0 Å². The molecule has 12 nitrogen and oxygen atoms in total. The van der Waals surface area contributed by atoms with Crippen LogP contribution in [0.3, 0.4) is 0 Å². The van der Waals surface area contributed by atoms with E-state index < -0.39 is 0 Å². The normalized spacial score (nSPS) is 21.7. The molecule has 12 rings (SSSR count). The number of rotatable bonds is 9. The van der Waals surface area contributed by atoms with Crippen LogP contribution in [0.5, 0.6) is 0 Å². The van der Waals surface area contributed by atoms with Crippen molar-refractivity contribution in [1.29, 1.82) is 15.8 Å². The zero-order valence-electron chi connectivity index (χ0n) is 46.4. The molecule has 0 N–H and O–H groups in total. The first-order chi connectivity index (χ1) is 39.5. The van der Waals surface area contributed by atoms with Crippen molar-refractivity contribution in [1.82, 2.24) is 30.4 Å². The molecule has 402 valence electrons. The van der Waals surface area contributed by atoms with Crippen molar-refractivity contribution >= 4 is 18.2 Å². The summed E-state index contributed by atoms with van der Waals surface area (Å²) in [5.41, 5.74) is 16.0. The predicted octanol–water partition coefficient (Wildman–Crippen LogP) is 15.7. The summed E-state index contributed by atoms with van der Waals surface area (Å²) >= 11 is 0. The second-order valence-corrected chi connectivity index (χ2v) is 21.8. The van der Waals surface area contributed by atoms with Crippen LogP contribution in [0.15, 0.2) is 178 Å². The minimum Gasteiger partial charge on any atom is -0.364 e. The minimum atomic E-state index is 0.215. The number of hydrogen-bond donors (Lipinski definition) is 0. The van der Waals surface area contributed by atoms with Gasteiger partial charge in [0.05, 0.1) is 69.6 Å². The third-order valence-electron chi connectivity index (χ3n) is 16.9. The molecular formula is C69H63N9O3. The number of hydrogen-bond acceptors (Lipinski definition) is 12. The summed E-state index contributed by atoms with van der Waals surface area (Å²) in [6.07, 6.45) is 26.6. The smallest absolute Gasteiger partial charge is 0.147 e. The predicted molar refractivity (Wildman–Crippen MR) is 314 cm³/mol. The van der Waals surface area contributed by atoms with E-state index in [1.54, 1.807) is 12.5 Å². The Hall–Kier alpha value is -9.57. The number of benzene rings is 3. The number of pyridine rings is 3. The van der Waals surface area contributed by atoms with Gasteiger partial charge < -0.3 is 13.6 Å². The van der Waals surface area contributed by atoms with Gasteiger partial charge in [-0.15, -0.1) is 0 Å². The Kier molecular flexibility index (Phi) is 16.9. The lowest BCUT2D eigenvalue weighted by molar-refractivity contribution is 0.273. The van der Waals surface area contributed by atoms with Crippen molar-refractivity contribution in [3.8, 4) is 51.6 Å². The highest BCUT2D eigenvalue weighted by Crippen LogP contribution is 2.43. The molecule has 3 aliphatic carbocycles. The van der Waals surface area contributed by atoms with Crippen molar-refractivity contribution in [2.24, 2.45) is 35.5 Å². The number of allylic oxidation sites excluding steroid dienone is 3. The minimum absolute atomic E-state index is 0.215. The summed E-state index contributed by atoms with van der Waals surface area (Å²) < 4.78 is 15.9. The molecule has 3 aliphatic rings. The van der Waals surface area contributed by atoms with Crippen LogP contribution >= 0.6 is 0 Å². The first kappa shape index (κ1) is 54.8. The van der Waals surface area contributed by atoms with Crippen LogP contribution < -0.4 is 0 Å². The van der Waals surface area contributed by atoms with Gasteiger partial charge >= 0.3 is 0 Å².